The van der Waals surface area contributed by atoms with Crippen molar-refractivity contribution >= 4 is 0 Å². The summed E-state index contributed by atoms with van der Waals surface area (Å²) in [5, 5.41) is 13.4. The normalized spacial score (nSPS) is 44.1. The lowest BCUT2D eigenvalue weighted by Gasteiger charge is -2.31. The lowest BCUT2D eigenvalue weighted by Crippen LogP contribution is -2.49. The zero-order valence-corrected chi connectivity index (χ0v) is 8.91. The van der Waals surface area contributed by atoms with Crippen LogP contribution in [0, 0.1) is 0 Å². The zero-order chi connectivity index (χ0) is 9.97. The van der Waals surface area contributed by atoms with Crippen molar-refractivity contribution in [2.24, 2.45) is 0 Å². The minimum atomic E-state index is -0.142. The molecule has 0 amide bonds. The molecule has 0 aromatic heterocycles. The van der Waals surface area contributed by atoms with E-state index in [9.17, 15) is 5.11 Å². The highest BCUT2D eigenvalue weighted by Crippen LogP contribution is 2.21. The highest BCUT2D eigenvalue weighted by atomic mass is 16.5. The van der Waals surface area contributed by atoms with E-state index in [0.29, 0.717) is 18.2 Å². The van der Waals surface area contributed by atoms with Crippen LogP contribution < -0.4 is 5.32 Å². The summed E-state index contributed by atoms with van der Waals surface area (Å²) in [4.78, 5) is 0. The Hall–Kier alpha value is -0.120. The van der Waals surface area contributed by atoms with Crippen LogP contribution in [0.2, 0.25) is 0 Å². The molecule has 0 aromatic carbocycles. The fourth-order valence-electron chi connectivity index (χ4n) is 2.53. The molecule has 1 saturated heterocycles. The summed E-state index contributed by atoms with van der Waals surface area (Å²) in [6.07, 6.45) is 5.75. The maximum Gasteiger partial charge on any atom is 0.0700 e. The highest BCUT2D eigenvalue weighted by Gasteiger charge is 2.30. The van der Waals surface area contributed by atoms with E-state index in [2.05, 4.69) is 12.2 Å². The molecule has 2 aliphatic rings. The third-order valence-electron chi connectivity index (χ3n) is 3.53. The molecule has 2 fully saturated rings. The predicted molar refractivity (Wildman–Crippen MR) is 55.2 cm³/mol. The SMILES string of the molecule is C[C@@H]1OCC[C@H]1N[C@@H]1CCCC[C@@H]1O. The molecule has 0 radical (unpaired) electrons. The molecule has 2 rings (SSSR count). The van der Waals surface area contributed by atoms with Crippen molar-refractivity contribution in [2.45, 2.75) is 63.3 Å². The van der Waals surface area contributed by atoms with Crippen molar-refractivity contribution in [3.63, 3.8) is 0 Å². The number of rotatable bonds is 2. The van der Waals surface area contributed by atoms with E-state index in [1.807, 2.05) is 0 Å². The van der Waals surface area contributed by atoms with Crippen LogP contribution in [0.3, 0.4) is 0 Å². The van der Waals surface area contributed by atoms with Crippen molar-refractivity contribution in [2.75, 3.05) is 6.61 Å². The fourth-order valence-corrected chi connectivity index (χ4v) is 2.53. The van der Waals surface area contributed by atoms with E-state index in [1.54, 1.807) is 0 Å². The second-order valence-corrected chi connectivity index (χ2v) is 4.60. The average Bonchev–Trinajstić information content (AvgIpc) is 2.56. The van der Waals surface area contributed by atoms with Crippen LogP contribution in [-0.4, -0.2) is 36.0 Å². The molecule has 82 valence electrons. The Morgan fingerprint density at radius 1 is 1.14 bits per heavy atom. The molecule has 14 heavy (non-hydrogen) atoms. The molecule has 3 heteroatoms. The van der Waals surface area contributed by atoms with E-state index in [4.69, 9.17) is 4.74 Å². The lowest BCUT2D eigenvalue weighted by atomic mass is 9.91. The van der Waals surface area contributed by atoms with Gasteiger partial charge in [0, 0.05) is 18.7 Å². The van der Waals surface area contributed by atoms with Gasteiger partial charge in [0.1, 0.15) is 0 Å². The van der Waals surface area contributed by atoms with E-state index in [1.165, 1.54) is 12.8 Å². The van der Waals surface area contributed by atoms with Gasteiger partial charge in [-0.1, -0.05) is 12.8 Å². The summed E-state index contributed by atoms with van der Waals surface area (Å²) >= 11 is 0. The van der Waals surface area contributed by atoms with Crippen molar-refractivity contribution in [1.29, 1.82) is 0 Å². The zero-order valence-electron chi connectivity index (χ0n) is 8.91. The number of ether oxygens (including phenoxy) is 1. The largest absolute Gasteiger partial charge is 0.392 e. The third kappa shape index (κ3) is 2.27. The van der Waals surface area contributed by atoms with Gasteiger partial charge >= 0.3 is 0 Å². The lowest BCUT2D eigenvalue weighted by molar-refractivity contribution is 0.0694. The molecule has 0 bridgehead atoms. The monoisotopic (exact) mass is 199 g/mol. The van der Waals surface area contributed by atoms with E-state index >= 15 is 0 Å². The standard InChI is InChI=1S/C11H21NO2/c1-8-9(6-7-14-8)12-10-4-2-3-5-11(10)13/h8-13H,2-7H2,1H3/t8-,9+,10+,11-/m0/s1. The Labute approximate surface area is 85.8 Å². The first-order chi connectivity index (χ1) is 6.77. The second-order valence-electron chi connectivity index (χ2n) is 4.60. The van der Waals surface area contributed by atoms with Gasteiger partial charge in [-0.25, -0.2) is 0 Å². The minimum Gasteiger partial charge on any atom is -0.392 e. The second kappa shape index (κ2) is 4.60. The first-order valence-electron chi connectivity index (χ1n) is 5.83. The minimum absolute atomic E-state index is 0.142. The third-order valence-corrected chi connectivity index (χ3v) is 3.53. The van der Waals surface area contributed by atoms with E-state index in [0.717, 1.165) is 25.9 Å². The maximum atomic E-state index is 9.81. The van der Waals surface area contributed by atoms with Gasteiger partial charge in [-0.15, -0.1) is 0 Å². The molecule has 1 aliphatic carbocycles. The van der Waals surface area contributed by atoms with Gasteiger partial charge in [-0.05, 0) is 26.2 Å². The first kappa shape index (κ1) is 10.4. The smallest absolute Gasteiger partial charge is 0.0700 e. The molecule has 0 spiro atoms. The molecule has 1 saturated carbocycles. The topological polar surface area (TPSA) is 41.5 Å². The Kier molecular flexibility index (Phi) is 3.42. The van der Waals surface area contributed by atoms with Crippen molar-refractivity contribution in [3.05, 3.63) is 0 Å². The van der Waals surface area contributed by atoms with Gasteiger partial charge in [-0.3, -0.25) is 0 Å². The van der Waals surface area contributed by atoms with Crippen molar-refractivity contribution in [3.8, 4) is 0 Å². The van der Waals surface area contributed by atoms with Crippen molar-refractivity contribution < 1.29 is 9.84 Å². The van der Waals surface area contributed by atoms with Gasteiger partial charge in [0.05, 0.1) is 12.2 Å². The van der Waals surface area contributed by atoms with E-state index in [-0.39, 0.29) is 6.10 Å². The summed E-state index contributed by atoms with van der Waals surface area (Å²) in [6, 6.07) is 0.755. The summed E-state index contributed by atoms with van der Waals surface area (Å²) in [5.41, 5.74) is 0. The molecule has 4 atom stereocenters. The van der Waals surface area contributed by atoms with Crippen molar-refractivity contribution in [1.82, 2.24) is 5.32 Å². The van der Waals surface area contributed by atoms with Crippen LogP contribution in [-0.2, 0) is 4.74 Å². The number of hydrogen-bond donors (Lipinski definition) is 2. The van der Waals surface area contributed by atoms with Crippen LogP contribution >= 0.6 is 0 Å². The highest BCUT2D eigenvalue weighted by molar-refractivity contribution is 4.87. The Bertz CT molecular complexity index is 186. The Balaban J connectivity index is 1.83. The summed E-state index contributed by atoms with van der Waals surface area (Å²) in [7, 11) is 0. The summed E-state index contributed by atoms with van der Waals surface area (Å²) < 4.78 is 5.50. The molecule has 1 heterocycles. The fraction of sp³-hybridized carbons (Fsp3) is 1.00. The van der Waals surface area contributed by atoms with Crippen LogP contribution in [0.25, 0.3) is 0 Å². The molecule has 0 aromatic rings. The number of aliphatic hydroxyl groups is 1. The average molecular weight is 199 g/mol. The van der Waals surface area contributed by atoms with Gasteiger partial charge < -0.3 is 15.2 Å². The Morgan fingerprint density at radius 3 is 2.57 bits per heavy atom. The quantitative estimate of drug-likeness (QED) is 0.698. The molecule has 1 aliphatic heterocycles. The number of nitrogens with one attached hydrogen (secondary N) is 1. The van der Waals surface area contributed by atoms with Gasteiger partial charge in [0.25, 0.3) is 0 Å². The molecule has 0 unspecified atom stereocenters. The molecule has 3 nitrogen and oxygen atoms in total. The van der Waals surface area contributed by atoms with Gasteiger partial charge in [0.15, 0.2) is 0 Å². The van der Waals surface area contributed by atoms with Crippen LogP contribution in [0.5, 0.6) is 0 Å². The molecule has 2 N–H and O–H groups in total. The number of aliphatic hydroxyl groups excluding tert-OH is 1. The van der Waals surface area contributed by atoms with Crippen LogP contribution in [0.15, 0.2) is 0 Å². The summed E-state index contributed by atoms with van der Waals surface area (Å²) in [5.74, 6) is 0. The maximum absolute atomic E-state index is 9.81. The van der Waals surface area contributed by atoms with E-state index < -0.39 is 0 Å². The van der Waals surface area contributed by atoms with Crippen LogP contribution in [0.4, 0.5) is 0 Å². The first-order valence-corrected chi connectivity index (χ1v) is 5.83. The molecular weight excluding hydrogens is 178 g/mol. The van der Waals surface area contributed by atoms with Gasteiger partial charge in [0.2, 0.25) is 0 Å². The van der Waals surface area contributed by atoms with Gasteiger partial charge in [-0.2, -0.15) is 0 Å². The Morgan fingerprint density at radius 2 is 1.93 bits per heavy atom. The van der Waals surface area contributed by atoms with Crippen LogP contribution in [0.1, 0.15) is 39.0 Å². The molecular formula is C11H21NO2. The summed E-state index contributed by atoms with van der Waals surface area (Å²) in [6.45, 7) is 2.97. The predicted octanol–water partition coefficient (Wildman–Crippen LogP) is 1.06. The number of hydrogen-bond acceptors (Lipinski definition) is 3.